The summed E-state index contributed by atoms with van der Waals surface area (Å²) in [4.78, 5) is 0. The normalized spacial score (nSPS) is 33.3. The van der Waals surface area contributed by atoms with Crippen LogP contribution in [0.1, 0.15) is 46.5 Å². The Kier molecular flexibility index (Phi) is 4.35. The topological polar surface area (TPSA) is 42.2 Å². The fourth-order valence-corrected chi connectivity index (χ4v) is 3.02. The molecular formula is C13H23NO2. The van der Waals surface area contributed by atoms with Gasteiger partial charge in [0, 0.05) is 19.4 Å². The summed E-state index contributed by atoms with van der Waals surface area (Å²) in [7, 11) is 1.64. The number of nitriles is 1. The molecule has 0 spiro atoms. The van der Waals surface area contributed by atoms with Crippen LogP contribution in [0, 0.1) is 22.7 Å². The van der Waals surface area contributed by atoms with Crippen molar-refractivity contribution in [2.24, 2.45) is 11.3 Å². The smallest absolute Gasteiger partial charge is 0.147 e. The van der Waals surface area contributed by atoms with E-state index in [0.717, 1.165) is 12.8 Å². The Bertz CT molecular complexity index is 270. The van der Waals surface area contributed by atoms with E-state index in [4.69, 9.17) is 14.7 Å². The average Bonchev–Trinajstić information content (AvgIpc) is 2.21. The Morgan fingerprint density at radius 3 is 2.56 bits per heavy atom. The van der Waals surface area contributed by atoms with Crippen LogP contribution in [0.5, 0.6) is 0 Å². The quantitative estimate of drug-likeness (QED) is 0.690. The molecule has 1 rings (SSSR count). The molecule has 0 saturated heterocycles. The zero-order chi connectivity index (χ0) is 12.2. The van der Waals surface area contributed by atoms with Crippen LogP contribution in [0.4, 0.5) is 0 Å². The molecule has 0 aromatic heterocycles. The van der Waals surface area contributed by atoms with Crippen molar-refractivity contribution in [1.29, 1.82) is 5.26 Å². The standard InChI is InChI=1S/C13H23NO2/c1-12(2)7-5-8-13(3,16-10-15-4)11(12)6-9-14/h11H,5-8,10H2,1-4H3/t11-,13-/m0/s1. The first-order valence-corrected chi connectivity index (χ1v) is 5.96. The van der Waals surface area contributed by atoms with E-state index in [2.05, 4.69) is 26.8 Å². The van der Waals surface area contributed by atoms with Crippen LogP contribution in [-0.2, 0) is 9.47 Å². The van der Waals surface area contributed by atoms with Gasteiger partial charge in [0.05, 0.1) is 11.7 Å². The van der Waals surface area contributed by atoms with Crippen molar-refractivity contribution in [1.82, 2.24) is 0 Å². The van der Waals surface area contributed by atoms with Gasteiger partial charge in [0.15, 0.2) is 0 Å². The number of nitrogens with zero attached hydrogens (tertiary/aromatic N) is 1. The zero-order valence-electron chi connectivity index (χ0n) is 10.9. The molecule has 0 unspecified atom stereocenters. The highest BCUT2D eigenvalue weighted by atomic mass is 16.7. The van der Waals surface area contributed by atoms with Crippen LogP contribution in [0.25, 0.3) is 0 Å². The van der Waals surface area contributed by atoms with Crippen molar-refractivity contribution >= 4 is 0 Å². The van der Waals surface area contributed by atoms with Gasteiger partial charge in [-0.15, -0.1) is 0 Å². The third-order valence-corrected chi connectivity index (χ3v) is 3.98. The van der Waals surface area contributed by atoms with Crippen molar-refractivity contribution in [3.05, 3.63) is 0 Å². The Morgan fingerprint density at radius 1 is 1.31 bits per heavy atom. The van der Waals surface area contributed by atoms with E-state index >= 15 is 0 Å². The number of hydrogen-bond donors (Lipinski definition) is 0. The fraction of sp³-hybridized carbons (Fsp3) is 0.923. The van der Waals surface area contributed by atoms with Crippen LogP contribution in [0.3, 0.4) is 0 Å². The van der Waals surface area contributed by atoms with Gasteiger partial charge in [0.25, 0.3) is 0 Å². The van der Waals surface area contributed by atoms with Gasteiger partial charge < -0.3 is 9.47 Å². The summed E-state index contributed by atoms with van der Waals surface area (Å²) in [5.41, 5.74) is -0.0377. The summed E-state index contributed by atoms with van der Waals surface area (Å²) in [5.74, 6) is 0.286. The first-order valence-electron chi connectivity index (χ1n) is 5.96. The van der Waals surface area contributed by atoms with E-state index in [9.17, 15) is 0 Å². The number of ether oxygens (including phenoxy) is 2. The van der Waals surface area contributed by atoms with E-state index in [0.29, 0.717) is 13.2 Å². The van der Waals surface area contributed by atoms with Crippen molar-refractivity contribution in [2.45, 2.75) is 52.1 Å². The molecule has 1 saturated carbocycles. The van der Waals surface area contributed by atoms with E-state index < -0.39 is 0 Å². The summed E-state index contributed by atoms with van der Waals surface area (Å²) >= 11 is 0. The molecule has 2 atom stereocenters. The molecule has 1 aliphatic rings. The molecule has 0 amide bonds. The molecule has 0 bridgehead atoms. The second kappa shape index (κ2) is 5.16. The highest BCUT2D eigenvalue weighted by Gasteiger charge is 2.47. The molecule has 0 heterocycles. The Balaban J connectivity index is 2.83. The lowest BCUT2D eigenvalue weighted by Gasteiger charge is -2.49. The van der Waals surface area contributed by atoms with Crippen LogP contribution in [-0.4, -0.2) is 19.5 Å². The molecule has 0 aromatic rings. The number of hydrogen-bond acceptors (Lipinski definition) is 3. The van der Waals surface area contributed by atoms with Gasteiger partial charge >= 0.3 is 0 Å². The summed E-state index contributed by atoms with van der Waals surface area (Å²) in [5, 5.41) is 8.97. The lowest BCUT2D eigenvalue weighted by Crippen LogP contribution is -2.49. The van der Waals surface area contributed by atoms with Gasteiger partial charge in [0.1, 0.15) is 6.79 Å². The summed E-state index contributed by atoms with van der Waals surface area (Å²) in [6, 6.07) is 2.30. The number of methoxy groups -OCH3 is 1. The molecule has 3 nitrogen and oxygen atoms in total. The predicted octanol–water partition coefficient (Wildman–Crippen LogP) is 3.11. The lowest BCUT2D eigenvalue weighted by molar-refractivity contribution is -0.183. The Morgan fingerprint density at radius 2 is 2.00 bits per heavy atom. The molecule has 3 heteroatoms. The third-order valence-electron chi connectivity index (χ3n) is 3.98. The maximum Gasteiger partial charge on any atom is 0.147 e. The molecular weight excluding hydrogens is 202 g/mol. The molecule has 1 aliphatic carbocycles. The molecule has 0 aromatic carbocycles. The minimum atomic E-state index is -0.215. The summed E-state index contributed by atoms with van der Waals surface area (Å²) in [6.07, 6.45) is 3.92. The molecule has 16 heavy (non-hydrogen) atoms. The van der Waals surface area contributed by atoms with Crippen molar-refractivity contribution < 1.29 is 9.47 Å². The van der Waals surface area contributed by atoms with E-state index in [-0.39, 0.29) is 16.9 Å². The fourth-order valence-electron chi connectivity index (χ4n) is 3.02. The summed E-state index contributed by atoms with van der Waals surface area (Å²) < 4.78 is 10.8. The average molecular weight is 225 g/mol. The molecule has 0 radical (unpaired) electrons. The van der Waals surface area contributed by atoms with Crippen LogP contribution in [0.2, 0.25) is 0 Å². The predicted molar refractivity (Wildman–Crippen MR) is 62.7 cm³/mol. The van der Waals surface area contributed by atoms with Gasteiger partial charge in [-0.1, -0.05) is 20.3 Å². The van der Waals surface area contributed by atoms with Gasteiger partial charge in [0.2, 0.25) is 0 Å². The lowest BCUT2D eigenvalue weighted by atomic mass is 9.61. The highest BCUT2D eigenvalue weighted by molar-refractivity contribution is 5.00. The van der Waals surface area contributed by atoms with Crippen molar-refractivity contribution in [3.8, 4) is 6.07 Å². The minimum absolute atomic E-state index is 0.177. The second-order valence-electron chi connectivity index (χ2n) is 5.62. The van der Waals surface area contributed by atoms with Crippen LogP contribution >= 0.6 is 0 Å². The maximum absolute atomic E-state index is 8.97. The second-order valence-corrected chi connectivity index (χ2v) is 5.62. The Labute approximate surface area is 98.7 Å². The van der Waals surface area contributed by atoms with Gasteiger partial charge in [-0.3, -0.25) is 0 Å². The van der Waals surface area contributed by atoms with E-state index in [1.807, 2.05) is 0 Å². The minimum Gasteiger partial charge on any atom is -0.359 e. The maximum atomic E-state index is 8.97. The number of rotatable bonds is 4. The first-order chi connectivity index (χ1) is 7.46. The van der Waals surface area contributed by atoms with Crippen molar-refractivity contribution in [2.75, 3.05) is 13.9 Å². The molecule has 0 N–H and O–H groups in total. The molecule has 92 valence electrons. The van der Waals surface area contributed by atoms with Crippen LogP contribution in [0.15, 0.2) is 0 Å². The first kappa shape index (κ1) is 13.5. The van der Waals surface area contributed by atoms with Gasteiger partial charge in [-0.2, -0.15) is 5.26 Å². The third kappa shape index (κ3) is 2.75. The molecule has 1 fully saturated rings. The Hall–Kier alpha value is -0.590. The largest absolute Gasteiger partial charge is 0.359 e. The van der Waals surface area contributed by atoms with Gasteiger partial charge in [-0.05, 0) is 25.2 Å². The summed E-state index contributed by atoms with van der Waals surface area (Å²) in [6.45, 7) is 6.91. The van der Waals surface area contributed by atoms with E-state index in [1.54, 1.807) is 7.11 Å². The SMILES string of the molecule is COCO[C@@]1(C)CCCC(C)(C)[C@@H]1CC#N. The van der Waals surface area contributed by atoms with Crippen LogP contribution < -0.4 is 0 Å². The zero-order valence-corrected chi connectivity index (χ0v) is 10.9. The van der Waals surface area contributed by atoms with E-state index in [1.165, 1.54) is 6.42 Å². The van der Waals surface area contributed by atoms with Crippen molar-refractivity contribution in [3.63, 3.8) is 0 Å². The monoisotopic (exact) mass is 225 g/mol. The van der Waals surface area contributed by atoms with Gasteiger partial charge in [-0.25, -0.2) is 0 Å². The highest BCUT2D eigenvalue weighted by Crippen LogP contribution is 2.49. The molecule has 0 aliphatic heterocycles.